The molecule has 70 valence electrons. The third-order valence-corrected chi connectivity index (χ3v) is 2.46. The van der Waals surface area contributed by atoms with Crippen molar-refractivity contribution in [3.05, 3.63) is 36.9 Å². The Balaban J connectivity index is 2.16. The van der Waals surface area contributed by atoms with Crippen molar-refractivity contribution in [2.75, 3.05) is 5.73 Å². The van der Waals surface area contributed by atoms with Crippen molar-refractivity contribution in [1.29, 1.82) is 0 Å². The summed E-state index contributed by atoms with van der Waals surface area (Å²) >= 11 is 1.53. The molecule has 0 aliphatic carbocycles. The van der Waals surface area contributed by atoms with E-state index in [-0.39, 0.29) is 0 Å². The van der Waals surface area contributed by atoms with Crippen LogP contribution in [0.3, 0.4) is 0 Å². The van der Waals surface area contributed by atoms with Crippen LogP contribution in [-0.2, 0) is 0 Å². The predicted octanol–water partition coefficient (Wildman–Crippen LogP) is 1.60. The average molecular weight is 204 g/mol. The second kappa shape index (κ2) is 4.06. The molecule has 2 heterocycles. The molecule has 0 radical (unpaired) electrons. The molecule has 2 aromatic rings. The Morgan fingerprint density at radius 3 is 2.71 bits per heavy atom. The maximum atomic E-state index is 5.47. The first-order valence-corrected chi connectivity index (χ1v) is 4.81. The van der Waals surface area contributed by atoms with Crippen LogP contribution in [-0.4, -0.2) is 15.0 Å². The molecule has 14 heavy (non-hydrogen) atoms. The van der Waals surface area contributed by atoms with Crippen LogP contribution in [0.5, 0.6) is 0 Å². The summed E-state index contributed by atoms with van der Waals surface area (Å²) in [6.45, 7) is 0. The van der Waals surface area contributed by atoms with Crippen molar-refractivity contribution >= 4 is 17.6 Å². The summed E-state index contributed by atoms with van der Waals surface area (Å²) in [5, 5.41) is 0.895. The SMILES string of the molecule is Nc1ccc(Sc2ccncn2)cn1. The minimum absolute atomic E-state index is 0.525. The van der Waals surface area contributed by atoms with Crippen molar-refractivity contribution in [2.45, 2.75) is 9.92 Å². The van der Waals surface area contributed by atoms with E-state index >= 15 is 0 Å². The number of hydrogen-bond acceptors (Lipinski definition) is 5. The van der Waals surface area contributed by atoms with E-state index in [1.807, 2.05) is 12.1 Å². The maximum Gasteiger partial charge on any atom is 0.123 e. The lowest BCUT2D eigenvalue weighted by Gasteiger charge is -1.99. The number of rotatable bonds is 2. The molecule has 2 aromatic heterocycles. The molecule has 0 aromatic carbocycles. The Morgan fingerprint density at radius 2 is 2.07 bits per heavy atom. The van der Waals surface area contributed by atoms with Gasteiger partial charge in [0, 0.05) is 17.3 Å². The van der Waals surface area contributed by atoms with Gasteiger partial charge in [0.1, 0.15) is 17.2 Å². The smallest absolute Gasteiger partial charge is 0.123 e. The van der Waals surface area contributed by atoms with Crippen LogP contribution in [0.15, 0.2) is 46.8 Å². The van der Waals surface area contributed by atoms with Crippen molar-refractivity contribution in [3.8, 4) is 0 Å². The molecule has 2 N–H and O–H groups in total. The molecule has 4 nitrogen and oxygen atoms in total. The van der Waals surface area contributed by atoms with Crippen LogP contribution >= 0.6 is 11.8 Å². The molecule has 0 saturated heterocycles. The van der Waals surface area contributed by atoms with Crippen LogP contribution in [0.25, 0.3) is 0 Å². The molecule has 0 aliphatic rings. The number of hydrogen-bond donors (Lipinski definition) is 1. The predicted molar refractivity (Wildman–Crippen MR) is 54.8 cm³/mol. The summed E-state index contributed by atoms with van der Waals surface area (Å²) in [6, 6.07) is 5.53. The van der Waals surface area contributed by atoms with Gasteiger partial charge in [0.25, 0.3) is 0 Å². The van der Waals surface area contributed by atoms with Crippen molar-refractivity contribution in [1.82, 2.24) is 15.0 Å². The average Bonchev–Trinajstić information content (AvgIpc) is 2.23. The van der Waals surface area contributed by atoms with E-state index < -0.39 is 0 Å². The van der Waals surface area contributed by atoms with Crippen LogP contribution in [0.2, 0.25) is 0 Å². The highest BCUT2D eigenvalue weighted by Gasteiger charge is 1.97. The van der Waals surface area contributed by atoms with Crippen molar-refractivity contribution in [2.24, 2.45) is 0 Å². The number of aromatic nitrogens is 3. The topological polar surface area (TPSA) is 64.7 Å². The molecular weight excluding hydrogens is 196 g/mol. The fourth-order valence-electron chi connectivity index (χ4n) is 0.912. The summed E-state index contributed by atoms with van der Waals surface area (Å²) in [6.07, 6.45) is 4.95. The summed E-state index contributed by atoms with van der Waals surface area (Å²) < 4.78 is 0. The fraction of sp³-hybridized carbons (Fsp3) is 0. The number of pyridine rings is 1. The molecule has 0 spiro atoms. The molecular formula is C9H8N4S. The summed E-state index contributed by atoms with van der Waals surface area (Å²) in [5.41, 5.74) is 5.47. The molecule has 0 saturated carbocycles. The van der Waals surface area contributed by atoms with Crippen molar-refractivity contribution < 1.29 is 0 Å². The van der Waals surface area contributed by atoms with Gasteiger partial charge in [0.05, 0.1) is 0 Å². The lowest BCUT2D eigenvalue weighted by atomic mass is 10.5. The van der Waals surface area contributed by atoms with E-state index in [2.05, 4.69) is 15.0 Å². The van der Waals surface area contributed by atoms with Gasteiger partial charge < -0.3 is 5.73 Å². The minimum atomic E-state index is 0.525. The second-order valence-corrected chi connectivity index (χ2v) is 3.66. The van der Waals surface area contributed by atoms with Gasteiger partial charge in [-0.2, -0.15) is 0 Å². The van der Waals surface area contributed by atoms with E-state index in [1.165, 1.54) is 18.1 Å². The third kappa shape index (κ3) is 2.20. The Morgan fingerprint density at radius 1 is 1.14 bits per heavy atom. The first-order valence-electron chi connectivity index (χ1n) is 4.00. The quantitative estimate of drug-likeness (QED) is 0.753. The highest BCUT2D eigenvalue weighted by Crippen LogP contribution is 2.24. The summed E-state index contributed by atoms with van der Waals surface area (Å²) in [4.78, 5) is 12.9. The number of nitrogens with zero attached hydrogens (tertiary/aromatic N) is 3. The lowest BCUT2D eigenvalue weighted by Crippen LogP contribution is -1.88. The Labute approximate surface area is 85.6 Å². The highest BCUT2D eigenvalue weighted by molar-refractivity contribution is 7.99. The molecule has 0 aliphatic heterocycles. The molecule has 0 bridgehead atoms. The second-order valence-electron chi connectivity index (χ2n) is 2.57. The van der Waals surface area contributed by atoms with Gasteiger partial charge in [-0.1, -0.05) is 11.8 Å². The molecule has 0 unspecified atom stereocenters. The summed E-state index contributed by atoms with van der Waals surface area (Å²) in [7, 11) is 0. The van der Waals surface area contributed by atoms with Gasteiger partial charge in [0.15, 0.2) is 0 Å². The largest absolute Gasteiger partial charge is 0.384 e. The fourth-order valence-corrected chi connectivity index (χ4v) is 1.62. The zero-order valence-electron chi connectivity index (χ0n) is 7.29. The first-order chi connectivity index (χ1) is 6.84. The van der Waals surface area contributed by atoms with Crippen LogP contribution in [0, 0.1) is 0 Å². The highest BCUT2D eigenvalue weighted by atomic mass is 32.2. The minimum Gasteiger partial charge on any atom is -0.384 e. The molecule has 0 fully saturated rings. The summed E-state index contributed by atoms with van der Waals surface area (Å²) in [5.74, 6) is 0.525. The van der Waals surface area contributed by atoms with E-state index in [9.17, 15) is 0 Å². The van der Waals surface area contributed by atoms with Gasteiger partial charge in [0.2, 0.25) is 0 Å². The third-order valence-electron chi connectivity index (χ3n) is 1.54. The monoisotopic (exact) mass is 204 g/mol. The van der Waals surface area contributed by atoms with Crippen LogP contribution < -0.4 is 5.73 Å². The number of nitrogen functional groups attached to an aromatic ring is 1. The first kappa shape index (κ1) is 8.96. The lowest BCUT2D eigenvalue weighted by molar-refractivity contribution is 1.05. The Hall–Kier alpha value is -1.62. The van der Waals surface area contributed by atoms with Crippen LogP contribution in [0.4, 0.5) is 5.82 Å². The van der Waals surface area contributed by atoms with E-state index in [0.29, 0.717) is 5.82 Å². The molecule has 5 heteroatoms. The van der Waals surface area contributed by atoms with Gasteiger partial charge >= 0.3 is 0 Å². The normalized spacial score (nSPS) is 10.0. The van der Waals surface area contributed by atoms with Gasteiger partial charge in [-0.25, -0.2) is 15.0 Å². The Kier molecular flexibility index (Phi) is 2.60. The van der Waals surface area contributed by atoms with Gasteiger partial charge in [-0.3, -0.25) is 0 Å². The van der Waals surface area contributed by atoms with E-state index in [0.717, 1.165) is 9.92 Å². The molecule has 0 amide bonds. The Bertz CT molecular complexity index is 401. The van der Waals surface area contributed by atoms with Gasteiger partial charge in [-0.15, -0.1) is 0 Å². The van der Waals surface area contributed by atoms with Gasteiger partial charge in [-0.05, 0) is 18.2 Å². The van der Waals surface area contributed by atoms with Crippen molar-refractivity contribution in [3.63, 3.8) is 0 Å². The molecule has 0 atom stereocenters. The number of nitrogens with two attached hydrogens (primary N) is 1. The standard InChI is InChI=1S/C9H8N4S/c10-8-2-1-7(5-12-8)14-9-3-4-11-6-13-9/h1-6H,(H2,10,12). The number of anilines is 1. The molecule has 2 rings (SSSR count). The zero-order chi connectivity index (χ0) is 9.80. The van der Waals surface area contributed by atoms with E-state index in [4.69, 9.17) is 5.73 Å². The zero-order valence-corrected chi connectivity index (χ0v) is 8.11. The maximum absolute atomic E-state index is 5.47. The van der Waals surface area contributed by atoms with Crippen LogP contribution in [0.1, 0.15) is 0 Å². The van der Waals surface area contributed by atoms with E-state index in [1.54, 1.807) is 18.5 Å².